The summed E-state index contributed by atoms with van der Waals surface area (Å²) in [5, 5.41) is 1.09. The van der Waals surface area contributed by atoms with Gasteiger partial charge in [0.15, 0.2) is 11.5 Å². The van der Waals surface area contributed by atoms with Crippen LogP contribution in [0.5, 0.6) is 11.5 Å². The highest BCUT2D eigenvalue weighted by Crippen LogP contribution is 2.40. The molecule has 8 heteroatoms. The van der Waals surface area contributed by atoms with E-state index < -0.39 is 12.1 Å². The zero-order chi connectivity index (χ0) is 30.3. The number of aromatic nitrogens is 2. The Bertz CT molecular complexity index is 1750. The highest BCUT2D eigenvalue weighted by Gasteiger charge is 2.18. The number of carbonyl (C=O) groups is 1. The molecule has 5 rings (SSSR count). The molecule has 0 saturated heterocycles. The Morgan fingerprint density at radius 2 is 1.70 bits per heavy atom. The van der Waals surface area contributed by atoms with Gasteiger partial charge in [-0.15, -0.1) is 0 Å². The number of benzene rings is 4. The molecular formula is C35H30Cl2N2O4. The molecule has 1 heterocycles. The van der Waals surface area contributed by atoms with Crippen molar-refractivity contribution >= 4 is 35.2 Å². The van der Waals surface area contributed by atoms with Crippen molar-refractivity contribution in [2.45, 2.75) is 19.6 Å². The molecule has 0 spiro atoms. The van der Waals surface area contributed by atoms with Gasteiger partial charge in [0, 0.05) is 28.9 Å². The monoisotopic (exact) mass is 612 g/mol. The summed E-state index contributed by atoms with van der Waals surface area (Å²) in [4.78, 5) is 16.9. The minimum Gasteiger partial charge on any atom is -0.492 e. The van der Waals surface area contributed by atoms with Gasteiger partial charge < -0.3 is 18.8 Å². The standard InChI is InChI=1S/C35H30Cl2N2O4/c1-4-39-22-30(28-18-17-26(36)21-29(28)37)38-33(39)20-19-31(24-13-15-25(16-14-24)35(40)42-3)43-32-12-8-11-27(34(32)41-2)23-9-6-5-7-10-23/h5-22,31H,4H2,1-3H3/b20-19+. The molecule has 0 aliphatic rings. The number of nitrogens with zero attached hydrogens (tertiary/aromatic N) is 2. The maximum atomic E-state index is 12.1. The van der Waals surface area contributed by atoms with Crippen molar-refractivity contribution in [1.82, 2.24) is 9.55 Å². The van der Waals surface area contributed by atoms with Gasteiger partial charge in [-0.2, -0.15) is 0 Å². The maximum absolute atomic E-state index is 12.1. The van der Waals surface area contributed by atoms with Crippen molar-refractivity contribution in [3.05, 3.63) is 130 Å². The van der Waals surface area contributed by atoms with Gasteiger partial charge in [-0.3, -0.25) is 0 Å². The lowest BCUT2D eigenvalue weighted by molar-refractivity contribution is 0.0600. The number of methoxy groups -OCH3 is 2. The third-order valence-corrected chi connectivity index (χ3v) is 7.51. The van der Waals surface area contributed by atoms with E-state index in [-0.39, 0.29) is 0 Å². The number of ether oxygens (including phenoxy) is 3. The van der Waals surface area contributed by atoms with Gasteiger partial charge in [0.05, 0.1) is 30.5 Å². The number of imidazole rings is 1. The van der Waals surface area contributed by atoms with E-state index in [9.17, 15) is 4.79 Å². The predicted molar refractivity (Wildman–Crippen MR) is 172 cm³/mol. The van der Waals surface area contributed by atoms with Crippen LogP contribution >= 0.6 is 23.2 Å². The number of esters is 1. The summed E-state index contributed by atoms with van der Waals surface area (Å²) in [6.45, 7) is 2.75. The van der Waals surface area contributed by atoms with E-state index in [1.165, 1.54) is 7.11 Å². The van der Waals surface area contributed by atoms with Crippen LogP contribution in [0.4, 0.5) is 0 Å². The lowest BCUT2D eigenvalue weighted by Gasteiger charge is -2.20. The van der Waals surface area contributed by atoms with Crippen molar-refractivity contribution < 1.29 is 19.0 Å². The van der Waals surface area contributed by atoms with Crippen molar-refractivity contribution in [3.63, 3.8) is 0 Å². The van der Waals surface area contributed by atoms with E-state index in [2.05, 4.69) is 0 Å². The fraction of sp³-hybridized carbons (Fsp3) is 0.143. The molecule has 43 heavy (non-hydrogen) atoms. The maximum Gasteiger partial charge on any atom is 0.337 e. The van der Waals surface area contributed by atoms with Crippen LogP contribution in [0.3, 0.4) is 0 Å². The zero-order valence-corrected chi connectivity index (χ0v) is 25.5. The van der Waals surface area contributed by atoms with E-state index in [1.807, 2.05) is 96.6 Å². The Kier molecular flexibility index (Phi) is 9.50. The van der Waals surface area contributed by atoms with Gasteiger partial charge in [-0.05, 0) is 66.6 Å². The Balaban J connectivity index is 1.54. The molecule has 4 aromatic carbocycles. The Morgan fingerprint density at radius 1 is 0.930 bits per heavy atom. The number of hydrogen-bond donors (Lipinski definition) is 0. The van der Waals surface area contributed by atoms with Gasteiger partial charge in [-0.1, -0.05) is 77.8 Å². The summed E-state index contributed by atoms with van der Waals surface area (Å²) in [6, 6.07) is 28.3. The van der Waals surface area contributed by atoms with Gasteiger partial charge in [0.2, 0.25) is 0 Å². The minimum atomic E-state index is -0.545. The van der Waals surface area contributed by atoms with Crippen LogP contribution in [-0.4, -0.2) is 29.7 Å². The Morgan fingerprint density at radius 3 is 2.37 bits per heavy atom. The first-order chi connectivity index (χ1) is 20.9. The molecule has 0 N–H and O–H groups in total. The van der Waals surface area contributed by atoms with E-state index in [4.69, 9.17) is 42.4 Å². The molecule has 0 aliphatic heterocycles. The average molecular weight is 614 g/mol. The average Bonchev–Trinajstić information content (AvgIpc) is 3.45. The molecule has 0 saturated carbocycles. The lowest BCUT2D eigenvalue weighted by Crippen LogP contribution is -2.08. The predicted octanol–water partition coefficient (Wildman–Crippen LogP) is 9.17. The van der Waals surface area contributed by atoms with Crippen LogP contribution < -0.4 is 9.47 Å². The van der Waals surface area contributed by atoms with Crippen LogP contribution in [0, 0.1) is 0 Å². The topological polar surface area (TPSA) is 62.6 Å². The molecule has 0 aliphatic carbocycles. The first kappa shape index (κ1) is 30.0. The van der Waals surface area contributed by atoms with Crippen molar-refractivity contribution in [1.29, 1.82) is 0 Å². The second kappa shape index (κ2) is 13.6. The number of hydrogen-bond acceptors (Lipinski definition) is 5. The lowest BCUT2D eigenvalue weighted by atomic mass is 10.0. The number of para-hydroxylation sites is 1. The van der Waals surface area contributed by atoms with Crippen molar-refractivity contribution in [3.8, 4) is 33.9 Å². The van der Waals surface area contributed by atoms with E-state index >= 15 is 0 Å². The molecule has 0 radical (unpaired) electrons. The number of halogens is 2. The Hall–Kier alpha value is -4.52. The van der Waals surface area contributed by atoms with Crippen molar-refractivity contribution in [2.24, 2.45) is 0 Å². The van der Waals surface area contributed by atoms with Crippen molar-refractivity contribution in [2.75, 3.05) is 14.2 Å². The van der Waals surface area contributed by atoms with E-state index in [0.717, 1.165) is 33.8 Å². The third-order valence-electron chi connectivity index (χ3n) is 6.96. The first-order valence-corrected chi connectivity index (χ1v) is 14.5. The summed E-state index contributed by atoms with van der Waals surface area (Å²) in [5.74, 6) is 1.51. The fourth-order valence-electron chi connectivity index (χ4n) is 4.76. The Labute approximate surface area is 261 Å². The highest BCUT2D eigenvalue weighted by molar-refractivity contribution is 6.36. The van der Waals surface area contributed by atoms with Gasteiger partial charge in [-0.25, -0.2) is 9.78 Å². The van der Waals surface area contributed by atoms with E-state index in [0.29, 0.717) is 33.7 Å². The molecule has 6 nitrogen and oxygen atoms in total. The summed E-state index contributed by atoms with van der Waals surface area (Å²) in [5.41, 5.74) is 4.73. The summed E-state index contributed by atoms with van der Waals surface area (Å²) < 4.78 is 19.4. The molecule has 1 unspecified atom stereocenters. The number of carbonyl (C=O) groups excluding carboxylic acids is 1. The minimum absolute atomic E-state index is 0.407. The molecule has 1 aromatic heterocycles. The van der Waals surface area contributed by atoms with Gasteiger partial charge in [0.1, 0.15) is 11.9 Å². The number of aryl methyl sites for hydroxylation is 1. The van der Waals surface area contributed by atoms with Crippen LogP contribution in [-0.2, 0) is 11.3 Å². The molecule has 0 bridgehead atoms. The van der Waals surface area contributed by atoms with Crippen LogP contribution in [0.2, 0.25) is 10.0 Å². The molecule has 1 atom stereocenters. The largest absolute Gasteiger partial charge is 0.492 e. The highest BCUT2D eigenvalue weighted by atomic mass is 35.5. The quantitative estimate of drug-likeness (QED) is 0.147. The normalized spacial score (nSPS) is 11.8. The van der Waals surface area contributed by atoms with Gasteiger partial charge >= 0.3 is 5.97 Å². The molecule has 5 aromatic rings. The van der Waals surface area contributed by atoms with Crippen LogP contribution in [0.25, 0.3) is 28.5 Å². The third kappa shape index (κ3) is 6.77. The zero-order valence-electron chi connectivity index (χ0n) is 24.0. The van der Waals surface area contributed by atoms with Crippen LogP contribution in [0.1, 0.15) is 34.8 Å². The summed E-state index contributed by atoms with van der Waals surface area (Å²) in [7, 11) is 2.99. The van der Waals surface area contributed by atoms with Crippen LogP contribution in [0.15, 0.2) is 103 Å². The SMILES string of the molecule is CCn1cc(-c2ccc(Cl)cc2Cl)nc1/C=C/C(Oc1cccc(-c2ccccc2)c1OC)c1ccc(C(=O)OC)cc1. The second-order valence-corrected chi connectivity index (χ2v) is 10.5. The second-order valence-electron chi connectivity index (χ2n) is 9.61. The van der Waals surface area contributed by atoms with E-state index in [1.54, 1.807) is 31.4 Å². The smallest absolute Gasteiger partial charge is 0.337 e. The fourth-order valence-corrected chi connectivity index (χ4v) is 5.27. The molecule has 0 fully saturated rings. The number of rotatable bonds is 10. The van der Waals surface area contributed by atoms with Gasteiger partial charge in [0.25, 0.3) is 0 Å². The first-order valence-electron chi connectivity index (χ1n) is 13.7. The molecular weight excluding hydrogens is 583 g/mol. The molecule has 218 valence electrons. The summed E-state index contributed by atoms with van der Waals surface area (Å²) in [6.07, 6.45) is 5.27. The summed E-state index contributed by atoms with van der Waals surface area (Å²) >= 11 is 12.6. The molecule has 0 amide bonds.